The third-order valence-corrected chi connectivity index (χ3v) is 8.06. The monoisotopic (exact) mass is 423 g/mol. The molecule has 8 heteroatoms. The average molecular weight is 423 g/mol. The molecule has 0 aromatic heterocycles. The van der Waals surface area contributed by atoms with E-state index in [0.29, 0.717) is 19.0 Å². The van der Waals surface area contributed by atoms with Crippen LogP contribution in [0.4, 0.5) is 4.39 Å². The van der Waals surface area contributed by atoms with E-state index < -0.39 is 6.04 Å². The molecular formula is C23H26FN5O2. The Balaban J connectivity index is 1.13. The summed E-state index contributed by atoms with van der Waals surface area (Å²) >= 11 is 0. The first-order valence-corrected chi connectivity index (χ1v) is 11.3. The van der Waals surface area contributed by atoms with E-state index in [9.17, 15) is 19.2 Å². The summed E-state index contributed by atoms with van der Waals surface area (Å²) in [6, 6.07) is 6.11. The predicted octanol–water partition coefficient (Wildman–Crippen LogP) is 0.938. The number of aryl methyl sites for hydroxylation is 1. The van der Waals surface area contributed by atoms with E-state index >= 15 is 0 Å². The van der Waals surface area contributed by atoms with Crippen LogP contribution in [0.3, 0.4) is 0 Å². The number of piperidine rings is 1. The second-order valence-electron chi connectivity index (χ2n) is 9.80. The Morgan fingerprint density at radius 3 is 2.90 bits per heavy atom. The zero-order valence-corrected chi connectivity index (χ0v) is 17.3. The smallest absolute Gasteiger partial charge is 0.242 e. The van der Waals surface area contributed by atoms with Crippen molar-refractivity contribution in [2.75, 3.05) is 13.1 Å². The Labute approximate surface area is 180 Å². The highest BCUT2D eigenvalue weighted by Crippen LogP contribution is 2.48. The number of amides is 2. The number of hydrogen-bond donors (Lipinski definition) is 1. The van der Waals surface area contributed by atoms with Gasteiger partial charge in [-0.15, -0.1) is 0 Å². The largest absolute Gasteiger partial charge is 0.330 e. The SMILES string of the molecule is N#C[C@@H]1C[C@@H]2CC2N1C(=O)[C@@H](N)CN1C[C@@H]2C[C@H]1C(=O)N2[C@H]1CCc2cc(F)ccc21. The summed E-state index contributed by atoms with van der Waals surface area (Å²) in [7, 11) is 0. The highest BCUT2D eigenvalue weighted by molar-refractivity contribution is 5.87. The molecule has 7 atom stereocenters. The molecule has 3 heterocycles. The van der Waals surface area contributed by atoms with Gasteiger partial charge in [-0.1, -0.05) is 6.07 Å². The molecule has 0 spiro atoms. The number of halogens is 1. The number of likely N-dealkylation sites (tertiary alicyclic amines) is 3. The van der Waals surface area contributed by atoms with Gasteiger partial charge in [-0.2, -0.15) is 5.26 Å². The van der Waals surface area contributed by atoms with E-state index in [1.165, 1.54) is 6.07 Å². The Kier molecular flexibility index (Phi) is 4.18. The lowest BCUT2D eigenvalue weighted by molar-refractivity contribution is -0.141. The second kappa shape index (κ2) is 6.75. The van der Waals surface area contributed by atoms with Crippen LogP contribution >= 0.6 is 0 Å². The van der Waals surface area contributed by atoms with Crippen LogP contribution in [-0.4, -0.2) is 69.8 Å². The zero-order chi connectivity index (χ0) is 21.4. The summed E-state index contributed by atoms with van der Waals surface area (Å²) in [6.45, 7) is 1.05. The fraction of sp³-hybridized carbons (Fsp3) is 0.609. The van der Waals surface area contributed by atoms with E-state index in [1.807, 2.05) is 11.0 Å². The number of nitrogens with zero attached hydrogens (tertiary/aromatic N) is 4. The molecule has 5 aliphatic rings. The number of rotatable bonds is 4. The Morgan fingerprint density at radius 1 is 1.29 bits per heavy atom. The van der Waals surface area contributed by atoms with Crippen molar-refractivity contribution in [2.45, 2.75) is 68.4 Å². The van der Waals surface area contributed by atoms with Crippen LogP contribution in [0.25, 0.3) is 0 Å². The van der Waals surface area contributed by atoms with Gasteiger partial charge in [-0.05, 0) is 61.3 Å². The molecule has 1 aromatic rings. The van der Waals surface area contributed by atoms with E-state index in [2.05, 4.69) is 11.0 Å². The summed E-state index contributed by atoms with van der Waals surface area (Å²) in [6.07, 6.45) is 4.11. The van der Waals surface area contributed by atoms with Gasteiger partial charge in [-0.3, -0.25) is 14.5 Å². The molecule has 3 saturated heterocycles. The van der Waals surface area contributed by atoms with Crippen molar-refractivity contribution in [1.29, 1.82) is 5.26 Å². The fourth-order valence-electron chi connectivity index (χ4n) is 6.56. The highest BCUT2D eigenvalue weighted by atomic mass is 19.1. The van der Waals surface area contributed by atoms with Crippen molar-refractivity contribution in [1.82, 2.24) is 14.7 Å². The van der Waals surface area contributed by atoms with Gasteiger partial charge >= 0.3 is 0 Å². The molecule has 1 aromatic carbocycles. The van der Waals surface area contributed by atoms with Crippen LogP contribution < -0.4 is 5.73 Å². The maximum Gasteiger partial charge on any atom is 0.242 e. The third kappa shape index (κ3) is 2.83. The molecule has 6 rings (SSSR count). The molecule has 4 fully saturated rings. The first-order chi connectivity index (χ1) is 15.0. The number of piperazine rings is 1. The lowest BCUT2D eigenvalue weighted by Crippen LogP contribution is -2.57. The van der Waals surface area contributed by atoms with Gasteiger partial charge in [0.1, 0.15) is 11.9 Å². The maximum atomic E-state index is 13.6. The van der Waals surface area contributed by atoms with Gasteiger partial charge in [0.15, 0.2) is 0 Å². The second-order valence-corrected chi connectivity index (χ2v) is 9.80. The van der Waals surface area contributed by atoms with Gasteiger partial charge in [0.25, 0.3) is 0 Å². The average Bonchev–Trinajstić information content (AvgIpc) is 3.08. The van der Waals surface area contributed by atoms with Gasteiger partial charge in [-0.25, -0.2) is 4.39 Å². The number of carbonyl (C=O) groups is 2. The molecule has 31 heavy (non-hydrogen) atoms. The molecule has 2 aliphatic carbocycles. The molecule has 3 aliphatic heterocycles. The molecule has 1 unspecified atom stereocenters. The minimum absolute atomic E-state index is 0.0170. The minimum atomic E-state index is -0.717. The van der Waals surface area contributed by atoms with Crippen LogP contribution in [0.2, 0.25) is 0 Å². The van der Waals surface area contributed by atoms with Gasteiger partial charge < -0.3 is 15.5 Å². The van der Waals surface area contributed by atoms with Crippen LogP contribution in [0, 0.1) is 23.1 Å². The van der Waals surface area contributed by atoms with Crippen molar-refractivity contribution in [3.63, 3.8) is 0 Å². The van der Waals surface area contributed by atoms with Gasteiger partial charge in [0.2, 0.25) is 11.8 Å². The number of nitriles is 1. The quantitative estimate of drug-likeness (QED) is 0.778. The topological polar surface area (TPSA) is 93.7 Å². The van der Waals surface area contributed by atoms with E-state index in [-0.39, 0.29) is 47.8 Å². The highest BCUT2D eigenvalue weighted by Gasteiger charge is 2.56. The standard InChI is InChI=1S/C23H26FN5O2/c24-14-2-3-17-12(5-14)1-4-19(17)29-16-8-21(23(29)31)27(10-16)11-18(26)22(30)28-15(9-25)6-13-7-20(13)28/h2-3,5,13,15-16,18-21H,1,4,6-8,10-11,26H2/t13-,15+,16+,18+,19+,20?,21+/m1/s1. The van der Waals surface area contributed by atoms with Crippen LogP contribution in [0.1, 0.15) is 42.9 Å². The van der Waals surface area contributed by atoms with Crippen LogP contribution in [0.15, 0.2) is 18.2 Å². The summed E-state index contributed by atoms with van der Waals surface area (Å²) in [5.74, 6) is 0.168. The molecule has 7 nitrogen and oxygen atoms in total. The first kappa shape index (κ1) is 19.2. The molecule has 2 bridgehead atoms. The molecule has 1 saturated carbocycles. The van der Waals surface area contributed by atoms with Crippen LogP contribution in [-0.2, 0) is 16.0 Å². The van der Waals surface area contributed by atoms with Gasteiger partial charge in [0.05, 0.1) is 24.2 Å². The Bertz CT molecular complexity index is 1010. The molecule has 2 N–H and O–H groups in total. The van der Waals surface area contributed by atoms with Gasteiger partial charge in [0, 0.05) is 25.2 Å². The zero-order valence-electron chi connectivity index (χ0n) is 17.3. The summed E-state index contributed by atoms with van der Waals surface area (Å²) in [5.41, 5.74) is 8.35. The fourth-order valence-corrected chi connectivity index (χ4v) is 6.56. The minimum Gasteiger partial charge on any atom is -0.330 e. The lowest BCUT2D eigenvalue weighted by Gasteiger charge is -2.38. The summed E-state index contributed by atoms with van der Waals surface area (Å²) in [4.78, 5) is 31.9. The first-order valence-electron chi connectivity index (χ1n) is 11.3. The molecular weight excluding hydrogens is 397 g/mol. The summed E-state index contributed by atoms with van der Waals surface area (Å²) in [5, 5.41) is 9.36. The number of benzene rings is 1. The van der Waals surface area contributed by atoms with Crippen molar-refractivity contribution >= 4 is 11.8 Å². The van der Waals surface area contributed by atoms with E-state index in [0.717, 1.165) is 43.2 Å². The molecule has 162 valence electrons. The van der Waals surface area contributed by atoms with Crippen molar-refractivity contribution in [2.24, 2.45) is 11.7 Å². The predicted molar refractivity (Wildman–Crippen MR) is 109 cm³/mol. The number of carbonyl (C=O) groups excluding carboxylic acids is 2. The molecule has 2 amide bonds. The van der Waals surface area contributed by atoms with E-state index in [1.54, 1.807) is 11.0 Å². The lowest BCUT2D eigenvalue weighted by atomic mass is 10.1. The Hall–Kier alpha value is -2.50. The number of fused-ring (bicyclic) bond motifs is 4. The number of nitrogens with two attached hydrogens (primary N) is 1. The maximum absolute atomic E-state index is 13.6. The van der Waals surface area contributed by atoms with E-state index in [4.69, 9.17) is 5.73 Å². The number of hydrogen-bond acceptors (Lipinski definition) is 5. The van der Waals surface area contributed by atoms with Crippen molar-refractivity contribution in [3.8, 4) is 6.07 Å². The summed E-state index contributed by atoms with van der Waals surface area (Å²) < 4.78 is 13.6. The normalized spacial score (nSPS) is 36.5. The third-order valence-electron chi connectivity index (χ3n) is 8.06. The van der Waals surface area contributed by atoms with Crippen LogP contribution in [0.5, 0.6) is 0 Å². The van der Waals surface area contributed by atoms with Crippen molar-refractivity contribution in [3.05, 3.63) is 35.1 Å². The Morgan fingerprint density at radius 2 is 2.13 bits per heavy atom. The van der Waals surface area contributed by atoms with Crippen molar-refractivity contribution < 1.29 is 14.0 Å². The molecule has 0 radical (unpaired) electrons.